The van der Waals surface area contributed by atoms with Crippen LogP contribution in [0.1, 0.15) is 18.4 Å². The molecule has 1 aromatic heterocycles. The second-order valence-electron chi connectivity index (χ2n) is 6.20. The highest BCUT2D eigenvalue weighted by atomic mass is 19.1. The number of ether oxygens (including phenoxy) is 1. The molecule has 1 saturated carbocycles. The maximum absolute atomic E-state index is 13.5. The van der Waals surface area contributed by atoms with Crippen LogP contribution in [0.2, 0.25) is 0 Å². The van der Waals surface area contributed by atoms with Crippen LogP contribution in [0, 0.1) is 11.7 Å². The summed E-state index contributed by atoms with van der Waals surface area (Å²) in [5, 5.41) is 6.79. The molecule has 6 nitrogen and oxygen atoms in total. The molecule has 1 aromatic carbocycles. The van der Waals surface area contributed by atoms with Gasteiger partial charge in [0.15, 0.2) is 0 Å². The predicted octanol–water partition coefficient (Wildman–Crippen LogP) is 3.01. The molecule has 7 heteroatoms. The first-order valence-electron chi connectivity index (χ1n) is 7.93. The van der Waals surface area contributed by atoms with Crippen LogP contribution in [0.3, 0.4) is 0 Å². The summed E-state index contributed by atoms with van der Waals surface area (Å²) in [7, 11) is 3.49. The lowest BCUT2D eigenvalue weighted by molar-refractivity contribution is 0.220. The summed E-state index contributed by atoms with van der Waals surface area (Å²) >= 11 is 0. The zero-order chi connectivity index (χ0) is 17.1. The van der Waals surface area contributed by atoms with Crippen LogP contribution in [-0.4, -0.2) is 34.4 Å². The van der Waals surface area contributed by atoms with Crippen LogP contribution in [0.15, 0.2) is 30.6 Å². The lowest BCUT2D eigenvalue weighted by atomic mass is 10.2. The Morgan fingerprint density at radius 2 is 2.29 bits per heavy atom. The van der Waals surface area contributed by atoms with Crippen molar-refractivity contribution >= 4 is 11.7 Å². The monoisotopic (exact) mass is 332 g/mol. The van der Waals surface area contributed by atoms with E-state index in [1.54, 1.807) is 24.0 Å². The van der Waals surface area contributed by atoms with Gasteiger partial charge in [-0.2, -0.15) is 5.10 Å². The largest absolute Gasteiger partial charge is 0.491 e. The van der Waals surface area contributed by atoms with E-state index >= 15 is 0 Å². The molecule has 0 spiro atoms. The van der Waals surface area contributed by atoms with Crippen LogP contribution in [0.4, 0.5) is 14.9 Å². The molecule has 1 aliphatic rings. The van der Waals surface area contributed by atoms with Crippen molar-refractivity contribution in [2.75, 3.05) is 19.0 Å². The molecule has 0 bridgehead atoms. The topological polar surface area (TPSA) is 59.4 Å². The van der Waals surface area contributed by atoms with Crippen molar-refractivity contribution in [3.05, 3.63) is 42.0 Å². The highest BCUT2D eigenvalue weighted by Gasteiger charge is 2.23. The molecule has 3 rings (SSSR count). The van der Waals surface area contributed by atoms with Gasteiger partial charge in [-0.25, -0.2) is 9.18 Å². The summed E-state index contributed by atoms with van der Waals surface area (Å²) in [6.07, 6.45) is 5.87. The van der Waals surface area contributed by atoms with Gasteiger partial charge in [-0.15, -0.1) is 0 Å². The number of anilines is 1. The van der Waals surface area contributed by atoms with E-state index in [2.05, 4.69) is 10.4 Å². The van der Waals surface area contributed by atoms with Crippen LogP contribution >= 0.6 is 0 Å². The first-order valence-corrected chi connectivity index (χ1v) is 7.93. The predicted molar refractivity (Wildman–Crippen MR) is 88.3 cm³/mol. The Bertz CT molecular complexity index is 727. The molecule has 128 valence electrons. The minimum absolute atomic E-state index is 0.333. The van der Waals surface area contributed by atoms with E-state index in [9.17, 15) is 9.18 Å². The number of hydrogen-bond acceptors (Lipinski definition) is 3. The third-order valence-corrected chi connectivity index (χ3v) is 3.88. The molecular formula is C17H21FN4O2. The summed E-state index contributed by atoms with van der Waals surface area (Å²) < 4.78 is 20.9. The SMILES string of the molecule is CN(Cc1cnn(C)c1)C(=O)Nc1cc(F)ccc1OCC1CC1. The van der Waals surface area contributed by atoms with Crippen molar-refractivity contribution in [1.82, 2.24) is 14.7 Å². The van der Waals surface area contributed by atoms with Gasteiger partial charge < -0.3 is 15.0 Å². The summed E-state index contributed by atoms with van der Waals surface area (Å²) in [6, 6.07) is 3.82. The van der Waals surface area contributed by atoms with E-state index < -0.39 is 5.82 Å². The van der Waals surface area contributed by atoms with Crippen molar-refractivity contribution in [1.29, 1.82) is 0 Å². The molecule has 0 saturated heterocycles. The molecule has 1 heterocycles. The first kappa shape index (κ1) is 16.3. The fourth-order valence-corrected chi connectivity index (χ4v) is 2.33. The lowest BCUT2D eigenvalue weighted by Crippen LogP contribution is -2.31. The van der Waals surface area contributed by atoms with Gasteiger partial charge in [0.25, 0.3) is 0 Å². The van der Waals surface area contributed by atoms with Crippen molar-refractivity contribution in [3.8, 4) is 5.75 Å². The number of nitrogens with zero attached hydrogens (tertiary/aromatic N) is 3. The summed E-state index contributed by atoms with van der Waals surface area (Å²) in [5.41, 5.74) is 1.26. The Morgan fingerprint density at radius 1 is 1.50 bits per heavy atom. The van der Waals surface area contributed by atoms with Crippen molar-refractivity contribution < 1.29 is 13.9 Å². The number of rotatable bonds is 6. The van der Waals surface area contributed by atoms with Crippen molar-refractivity contribution in [2.45, 2.75) is 19.4 Å². The average molecular weight is 332 g/mol. The van der Waals surface area contributed by atoms with Gasteiger partial charge in [-0.1, -0.05) is 0 Å². The van der Waals surface area contributed by atoms with Crippen molar-refractivity contribution in [3.63, 3.8) is 0 Å². The summed E-state index contributed by atoms with van der Waals surface area (Å²) in [6.45, 7) is 1.01. The molecule has 24 heavy (non-hydrogen) atoms. The number of amides is 2. The Morgan fingerprint density at radius 3 is 2.96 bits per heavy atom. The minimum atomic E-state index is -0.418. The quantitative estimate of drug-likeness (QED) is 0.884. The number of halogens is 1. The van der Waals surface area contributed by atoms with Crippen LogP contribution in [0.5, 0.6) is 5.75 Å². The molecule has 1 fully saturated rings. The molecule has 0 aliphatic heterocycles. The number of aromatic nitrogens is 2. The number of urea groups is 1. The number of carbonyl (C=O) groups is 1. The zero-order valence-corrected chi connectivity index (χ0v) is 13.8. The van der Waals surface area contributed by atoms with E-state index in [-0.39, 0.29) is 6.03 Å². The maximum atomic E-state index is 13.5. The van der Waals surface area contributed by atoms with E-state index in [4.69, 9.17) is 4.74 Å². The van der Waals surface area contributed by atoms with Gasteiger partial charge >= 0.3 is 6.03 Å². The number of aryl methyl sites for hydroxylation is 1. The fourth-order valence-electron chi connectivity index (χ4n) is 2.33. The van der Waals surface area contributed by atoms with E-state index in [0.29, 0.717) is 30.5 Å². The molecule has 1 N–H and O–H groups in total. The molecule has 1 aliphatic carbocycles. The molecule has 2 aromatic rings. The Hall–Kier alpha value is -2.57. The van der Waals surface area contributed by atoms with E-state index in [0.717, 1.165) is 18.4 Å². The highest BCUT2D eigenvalue weighted by Crippen LogP contribution is 2.32. The smallest absolute Gasteiger partial charge is 0.321 e. The third kappa shape index (κ3) is 4.24. The number of hydrogen-bond donors (Lipinski definition) is 1. The Balaban J connectivity index is 1.64. The fraction of sp³-hybridized carbons (Fsp3) is 0.412. The Kier molecular flexibility index (Phi) is 4.69. The van der Waals surface area contributed by atoms with Crippen LogP contribution in [-0.2, 0) is 13.6 Å². The normalized spacial score (nSPS) is 13.6. The highest BCUT2D eigenvalue weighted by molar-refractivity contribution is 5.90. The summed E-state index contributed by atoms with van der Waals surface area (Å²) in [5.74, 6) is 0.650. The van der Waals surface area contributed by atoms with Crippen LogP contribution < -0.4 is 10.1 Å². The number of benzene rings is 1. The average Bonchev–Trinajstić information content (AvgIpc) is 3.28. The second kappa shape index (κ2) is 6.90. The number of carbonyl (C=O) groups excluding carboxylic acids is 1. The molecule has 2 amide bonds. The molecule has 0 unspecified atom stereocenters. The van der Waals surface area contributed by atoms with Crippen molar-refractivity contribution in [2.24, 2.45) is 13.0 Å². The van der Waals surface area contributed by atoms with Crippen LogP contribution in [0.25, 0.3) is 0 Å². The number of nitrogens with one attached hydrogen (secondary N) is 1. The first-order chi connectivity index (χ1) is 11.5. The summed E-state index contributed by atoms with van der Waals surface area (Å²) in [4.78, 5) is 13.9. The zero-order valence-electron chi connectivity index (χ0n) is 13.8. The van der Waals surface area contributed by atoms with Gasteiger partial charge in [-0.05, 0) is 30.9 Å². The Labute approximate surface area is 140 Å². The standard InChI is InChI=1S/C17H21FN4O2/c1-21(9-13-8-19-22(2)10-13)17(23)20-15-7-14(18)5-6-16(15)24-11-12-3-4-12/h5-8,10,12H,3-4,9,11H2,1-2H3,(H,20,23). The van der Waals surface area contributed by atoms with Gasteiger partial charge in [0.2, 0.25) is 0 Å². The second-order valence-corrected chi connectivity index (χ2v) is 6.20. The molecule has 0 radical (unpaired) electrons. The van der Waals surface area contributed by atoms with E-state index in [1.807, 2.05) is 13.2 Å². The van der Waals surface area contributed by atoms with Gasteiger partial charge in [0.1, 0.15) is 11.6 Å². The van der Waals surface area contributed by atoms with Gasteiger partial charge in [0, 0.05) is 31.9 Å². The molecular weight excluding hydrogens is 311 g/mol. The lowest BCUT2D eigenvalue weighted by Gasteiger charge is -2.19. The molecule has 0 atom stereocenters. The third-order valence-electron chi connectivity index (χ3n) is 3.88. The van der Waals surface area contributed by atoms with Gasteiger partial charge in [-0.3, -0.25) is 4.68 Å². The minimum Gasteiger partial charge on any atom is -0.491 e. The van der Waals surface area contributed by atoms with Gasteiger partial charge in [0.05, 0.1) is 25.0 Å². The van der Waals surface area contributed by atoms with E-state index in [1.165, 1.54) is 17.0 Å². The maximum Gasteiger partial charge on any atom is 0.321 e.